The van der Waals surface area contributed by atoms with Crippen molar-refractivity contribution in [3.05, 3.63) is 47.7 Å². The Morgan fingerprint density at radius 3 is 2.65 bits per heavy atom. The topological polar surface area (TPSA) is 74.6 Å². The van der Waals surface area contributed by atoms with Gasteiger partial charge in [-0.2, -0.15) is 23.5 Å². The molecule has 116 valence electrons. The fourth-order valence-corrected chi connectivity index (χ4v) is 2.02. The van der Waals surface area contributed by atoms with E-state index in [2.05, 4.69) is 15.2 Å². The summed E-state index contributed by atoms with van der Waals surface area (Å²) in [5, 5.41) is 14.6. The van der Waals surface area contributed by atoms with E-state index >= 15 is 0 Å². The van der Waals surface area contributed by atoms with Crippen molar-refractivity contribution < 1.29 is 22.3 Å². The minimum atomic E-state index is -4.66. The number of pyridine rings is 1. The number of halogens is 4. The molecule has 9 heteroatoms. The number of nitrogens with one attached hydrogen (secondary N) is 1. The molecule has 0 unspecified atom stereocenters. The van der Waals surface area contributed by atoms with Crippen molar-refractivity contribution in [2.75, 3.05) is 0 Å². The zero-order valence-corrected chi connectivity index (χ0v) is 11.1. The van der Waals surface area contributed by atoms with E-state index < -0.39 is 17.7 Å². The third kappa shape index (κ3) is 2.78. The number of aromatic amines is 1. The van der Waals surface area contributed by atoms with Crippen LogP contribution >= 0.6 is 0 Å². The number of benzene rings is 1. The summed E-state index contributed by atoms with van der Waals surface area (Å²) in [5.74, 6) is -0.788. The van der Waals surface area contributed by atoms with E-state index in [0.29, 0.717) is 0 Å². The average molecular weight is 322 g/mol. The van der Waals surface area contributed by atoms with Crippen LogP contribution in [0.2, 0.25) is 0 Å². The highest BCUT2D eigenvalue weighted by atomic mass is 19.4. The summed E-state index contributed by atoms with van der Waals surface area (Å²) in [6.07, 6.45) is -2.64. The van der Waals surface area contributed by atoms with Gasteiger partial charge in [-0.05, 0) is 12.1 Å². The molecule has 0 spiro atoms. The predicted molar refractivity (Wildman–Crippen MR) is 70.1 cm³/mol. The molecular formula is C14H6F4N4O. The van der Waals surface area contributed by atoms with Gasteiger partial charge in [0.1, 0.15) is 11.6 Å². The van der Waals surface area contributed by atoms with Gasteiger partial charge in [-0.3, -0.25) is 5.10 Å². The monoisotopic (exact) mass is 322 g/mol. The molecule has 0 aliphatic carbocycles. The van der Waals surface area contributed by atoms with Gasteiger partial charge >= 0.3 is 6.18 Å². The molecule has 0 atom stereocenters. The van der Waals surface area contributed by atoms with Gasteiger partial charge in [0.2, 0.25) is 0 Å². The number of rotatable bonds is 2. The van der Waals surface area contributed by atoms with E-state index in [4.69, 9.17) is 10.00 Å². The zero-order valence-electron chi connectivity index (χ0n) is 11.1. The smallest absolute Gasteiger partial charge is 0.435 e. The van der Waals surface area contributed by atoms with E-state index in [0.717, 1.165) is 24.5 Å². The lowest BCUT2D eigenvalue weighted by molar-refractivity contribution is -0.139. The number of nitriles is 1. The molecule has 5 nitrogen and oxygen atoms in total. The fraction of sp³-hybridized carbons (Fsp3) is 0.0714. The SMILES string of the molecule is N#Cc1cc(F)cc(Oc2cnc(C(F)(F)F)c3[nH]ncc23)c1. The Labute approximate surface area is 126 Å². The summed E-state index contributed by atoms with van der Waals surface area (Å²) in [6.45, 7) is 0. The Balaban J connectivity index is 2.07. The van der Waals surface area contributed by atoms with Gasteiger partial charge in [0.15, 0.2) is 11.4 Å². The molecule has 0 saturated heterocycles. The molecule has 23 heavy (non-hydrogen) atoms. The van der Waals surface area contributed by atoms with Crippen LogP contribution in [0.4, 0.5) is 17.6 Å². The third-order valence-corrected chi connectivity index (χ3v) is 2.95. The quantitative estimate of drug-likeness (QED) is 0.729. The summed E-state index contributed by atoms with van der Waals surface area (Å²) in [6, 6.07) is 5.02. The number of aromatic nitrogens is 3. The first-order valence-electron chi connectivity index (χ1n) is 6.16. The van der Waals surface area contributed by atoms with Gasteiger partial charge in [0.25, 0.3) is 0 Å². The first kappa shape index (κ1) is 14.8. The standard InChI is InChI=1S/C14H6F4N4O/c15-8-1-7(4-19)2-9(3-8)23-11-6-20-13(14(16,17)18)12-10(11)5-21-22-12/h1-3,5-6H,(H,21,22). The second kappa shape index (κ2) is 5.24. The lowest BCUT2D eigenvalue weighted by Crippen LogP contribution is -2.09. The Morgan fingerprint density at radius 2 is 1.96 bits per heavy atom. The Morgan fingerprint density at radius 1 is 1.17 bits per heavy atom. The lowest BCUT2D eigenvalue weighted by Gasteiger charge is -2.10. The van der Waals surface area contributed by atoms with Crippen molar-refractivity contribution in [3.8, 4) is 17.6 Å². The van der Waals surface area contributed by atoms with Crippen LogP contribution in [0.1, 0.15) is 11.3 Å². The van der Waals surface area contributed by atoms with Crippen molar-refractivity contribution in [3.63, 3.8) is 0 Å². The van der Waals surface area contributed by atoms with E-state index in [1.165, 1.54) is 6.07 Å². The molecule has 0 radical (unpaired) electrons. The van der Waals surface area contributed by atoms with Gasteiger partial charge in [-0.1, -0.05) is 0 Å². The van der Waals surface area contributed by atoms with Crippen LogP contribution in [0, 0.1) is 17.1 Å². The minimum absolute atomic E-state index is 0.0170. The normalized spacial score (nSPS) is 11.4. The van der Waals surface area contributed by atoms with Gasteiger partial charge < -0.3 is 4.74 Å². The second-order valence-electron chi connectivity index (χ2n) is 4.52. The highest BCUT2D eigenvalue weighted by Crippen LogP contribution is 2.36. The highest BCUT2D eigenvalue weighted by Gasteiger charge is 2.36. The largest absolute Gasteiger partial charge is 0.455 e. The molecule has 1 N–H and O–H groups in total. The summed E-state index contributed by atoms with van der Waals surface area (Å²) in [7, 11) is 0. The number of hydrogen-bond acceptors (Lipinski definition) is 4. The third-order valence-electron chi connectivity index (χ3n) is 2.95. The van der Waals surface area contributed by atoms with E-state index in [-0.39, 0.29) is 28.0 Å². The van der Waals surface area contributed by atoms with Crippen LogP contribution in [0.25, 0.3) is 10.9 Å². The van der Waals surface area contributed by atoms with Crippen LogP contribution < -0.4 is 4.74 Å². The number of hydrogen-bond donors (Lipinski definition) is 1. The molecule has 3 rings (SSSR count). The Hall–Kier alpha value is -3.15. The number of H-pyrrole nitrogens is 1. The van der Waals surface area contributed by atoms with E-state index in [9.17, 15) is 17.6 Å². The molecule has 2 aromatic heterocycles. The Kier molecular flexibility index (Phi) is 3.37. The number of nitrogens with zero attached hydrogens (tertiary/aromatic N) is 3. The maximum absolute atomic E-state index is 13.4. The van der Waals surface area contributed by atoms with Crippen LogP contribution in [0.3, 0.4) is 0 Å². The molecule has 0 aliphatic rings. The average Bonchev–Trinajstić information content (AvgIpc) is 2.95. The fourth-order valence-electron chi connectivity index (χ4n) is 2.02. The second-order valence-corrected chi connectivity index (χ2v) is 4.52. The molecular weight excluding hydrogens is 316 g/mol. The first-order valence-corrected chi connectivity index (χ1v) is 6.16. The van der Waals surface area contributed by atoms with Crippen LogP contribution in [0.5, 0.6) is 11.5 Å². The van der Waals surface area contributed by atoms with Crippen LogP contribution in [-0.4, -0.2) is 15.2 Å². The number of alkyl halides is 3. The lowest BCUT2D eigenvalue weighted by atomic mass is 10.2. The van der Waals surface area contributed by atoms with Gasteiger partial charge in [0.05, 0.1) is 34.9 Å². The molecule has 0 aliphatic heterocycles. The summed E-state index contributed by atoms with van der Waals surface area (Å²) >= 11 is 0. The molecule has 2 heterocycles. The van der Waals surface area contributed by atoms with Gasteiger partial charge in [0, 0.05) is 6.07 Å². The molecule has 0 amide bonds. The summed E-state index contributed by atoms with van der Waals surface area (Å²) in [4.78, 5) is 3.33. The van der Waals surface area contributed by atoms with Crippen molar-refractivity contribution in [1.82, 2.24) is 15.2 Å². The van der Waals surface area contributed by atoms with Gasteiger partial charge in [-0.25, -0.2) is 9.37 Å². The van der Waals surface area contributed by atoms with E-state index in [1.807, 2.05) is 0 Å². The van der Waals surface area contributed by atoms with E-state index in [1.54, 1.807) is 6.07 Å². The number of ether oxygens (including phenoxy) is 1. The minimum Gasteiger partial charge on any atom is -0.455 e. The first-order chi connectivity index (χ1) is 10.9. The highest BCUT2D eigenvalue weighted by molar-refractivity contribution is 5.86. The van der Waals surface area contributed by atoms with Crippen molar-refractivity contribution >= 4 is 10.9 Å². The maximum atomic E-state index is 13.4. The van der Waals surface area contributed by atoms with Crippen LogP contribution in [-0.2, 0) is 6.18 Å². The van der Waals surface area contributed by atoms with Gasteiger partial charge in [-0.15, -0.1) is 0 Å². The summed E-state index contributed by atoms with van der Waals surface area (Å²) in [5.41, 5.74) is -1.45. The predicted octanol–water partition coefficient (Wildman–Crippen LogP) is 3.78. The maximum Gasteiger partial charge on any atom is 0.435 e. The molecule has 0 bridgehead atoms. The molecule has 1 aromatic carbocycles. The molecule has 0 saturated carbocycles. The van der Waals surface area contributed by atoms with Crippen LogP contribution in [0.15, 0.2) is 30.6 Å². The van der Waals surface area contributed by atoms with Crippen molar-refractivity contribution in [1.29, 1.82) is 5.26 Å². The van der Waals surface area contributed by atoms with Crippen molar-refractivity contribution in [2.24, 2.45) is 0 Å². The summed E-state index contributed by atoms with van der Waals surface area (Å²) < 4.78 is 57.3. The Bertz CT molecular complexity index is 927. The molecule has 3 aromatic rings. The number of fused-ring (bicyclic) bond motifs is 1. The molecule has 0 fully saturated rings. The van der Waals surface area contributed by atoms with Crippen molar-refractivity contribution in [2.45, 2.75) is 6.18 Å². The zero-order chi connectivity index (χ0) is 16.6.